The Balaban J connectivity index is 2.77. The molecule has 0 fully saturated rings. The van der Waals surface area contributed by atoms with Gasteiger partial charge >= 0.3 is 0 Å². The summed E-state index contributed by atoms with van der Waals surface area (Å²) in [5, 5.41) is 0.925. The van der Waals surface area contributed by atoms with Gasteiger partial charge in [-0.1, -0.05) is 39.9 Å². The van der Waals surface area contributed by atoms with E-state index in [1.165, 1.54) is 0 Å². The molecule has 1 aromatic carbocycles. The zero-order chi connectivity index (χ0) is 8.81. The molecule has 1 aromatic rings. The highest BCUT2D eigenvalue weighted by atomic mass is 79.9. The molecule has 0 bridgehead atoms. The van der Waals surface area contributed by atoms with Gasteiger partial charge in [0.05, 0.1) is 0 Å². The summed E-state index contributed by atoms with van der Waals surface area (Å²) in [5.74, 6) is 6.10. The summed E-state index contributed by atoms with van der Waals surface area (Å²) in [5.41, 5.74) is 1.00. The number of hydrogen-bond donors (Lipinski definition) is 1. The third-order valence-electron chi connectivity index (χ3n) is 1.35. The predicted molar refractivity (Wildman–Crippen MR) is 59.0 cm³/mol. The molecule has 0 spiro atoms. The summed E-state index contributed by atoms with van der Waals surface area (Å²) < 4.78 is 0. The van der Waals surface area contributed by atoms with Gasteiger partial charge in [-0.2, -0.15) is 0 Å². The van der Waals surface area contributed by atoms with E-state index in [1.54, 1.807) is 0 Å². The second kappa shape index (κ2) is 5.29. The number of halogens is 1. The maximum absolute atomic E-state index is 4.29. The van der Waals surface area contributed by atoms with Crippen molar-refractivity contribution >= 4 is 28.6 Å². The lowest BCUT2D eigenvalue weighted by molar-refractivity contribution is 1.31. The van der Waals surface area contributed by atoms with Crippen molar-refractivity contribution in [3.05, 3.63) is 29.8 Å². The van der Waals surface area contributed by atoms with Crippen molar-refractivity contribution in [3.63, 3.8) is 0 Å². The van der Waals surface area contributed by atoms with Crippen LogP contribution in [0.5, 0.6) is 0 Å². The molecule has 0 nitrogen and oxygen atoms in total. The number of hydrogen-bond acceptors (Lipinski definition) is 1. The highest BCUT2D eigenvalue weighted by Gasteiger charge is 1.90. The molecular formula is C10H9BrS. The molecule has 0 unspecified atom stereocenters. The van der Waals surface area contributed by atoms with Crippen molar-refractivity contribution in [1.29, 1.82) is 0 Å². The third kappa shape index (κ3) is 2.92. The first kappa shape index (κ1) is 9.70. The summed E-state index contributed by atoms with van der Waals surface area (Å²) in [7, 11) is 0. The monoisotopic (exact) mass is 240 g/mol. The van der Waals surface area contributed by atoms with Crippen molar-refractivity contribution in [2.45, 2.75) is 11.3 Å². The lowest BCUT2D eigenvalue weighted by atomic mass is 10.2. The van der Waals surface area contributed by atoms with Gasteiger partial charge in [0, 0.05) is 22.2 Å². The van der Waals surface area contributed by atoms with Gasteiger partial charge in [-0.3, -0.25) is 0 Å². The van der Waals surface area contributed by atoms with Crippen LogP contribution in [0.3, 0.4) is 0 Å². The van der Waals surface area contributed by atoms with E-state index >= 15 is 0 Å². The zero-order valence-electron chi connectivity index (χ0n) is 6.55. The minimum absolute atomic E-state index is 0.877. The van der Waals surface area contributed by atoms with Crippen molar-refractivity contribution in [2.24, 2.45) is 0 Å². The maximum atomic E-state index is 4.29. The standard InChI is InChI=1S/C10H9BrS/c11-8-4-3-6-9-5-1-2-7-10(9)12/h1-2,5,7,12H,4,8H2. The highest BCUT2D eigenvalue weighted by Crippen LogP contribution is 2.10. The van der Waals surface area contributed by atoms with Crippen LogP contribution in [0, 0.1) is 11.8 Å². The van der Waals surface area contributed by atoms with E-state index in [9.17, 15) is 0 Å². The summed E-state index contributed by atoms with van der Waals surface area (Å²) >= 11 is 7.61. The van der Waals surface area contributed by atoms with Crippen LogP contribution < -0.4 is 0 Å². The number of alkyl halides is 1. The van der Waals surface area contributed by atoms with Gasteiger partial charge in [0.1, 0.15) is 0 Å². The SMILES string of the molecule is Sc1ccccc1C#CCCBr. The van der Waals surface area contributed by atoms with Crippen LogP contribution in [-0.4, -0.2) is 5.33 Å². The van der Waals surface area contributed by atoms with Crippen LogP contribution in [0.15, 0.2) is 29.2 Å². The summed E-state index contributed by atoms with van der Waals surface area (Å²) in [4.78, 5) is 0.944. The molecule has 0 aliphatic heterocycles. The molecule has 12 heavy (non-hydrogen) atoms. The van der Waals surface area contributed by atoms with Gasteiger partial charge in [-0.15, -0.1) is 12.6 Å². The Morgan fingerprint density at radius 2 is 2.08 bits per heavy atom. The van der Waals surface area contributed by atoms with Gasteiger partial charge < -0.3 is 0 Å². The molecule has 0 saturated heterocycles. The normalized spacial score (nSPS) is 8.83. The van der Waals surface area contributed by atoms with Crippen molar-refractivity contribution in [1.82, 2.24) is 0 Å². The first-order valence-electron chi connectivity index (χ1n) is 3.67. The second-order valence-electron chi connectivity index (χ2n) is 2.26. The molecule has 0 N–H and O–H groups in total. The van der Waals surface area contributed by atoms with E-state index < -0.39 is 0 Å². The lowest BCUT2D eigenvalue weighted by Gasteiger charge is -1.93. The van der Waals surface area contributed by atoms with Crippen molar-refractivity contribution in [2.75, 3.05) is 5.33 Å². The molecule has 62 valence electrons. The van der Waals surface area contributed by atoms with Crippen LogP contribution >= 0.6 is 28.6 Å². The van der Waals surface area contributed by atoms with Gasteiger partial charge in [0.15, 0.2) is 0 Å². The van der Waals surface area contributed by atoms with Crippen LogP contribution in [0.25, 0.3) is 0 Å². The molecule has 0 radical (unpaired) electrons. The van der Waals surface area contributed by atoms with Crippen LogP contribution in [0.2, 0.25) is 0 Å². The van der Waals surface area contributed by atoms with E-state index in [0.29, 0.717) is 0 Å². The summed E-state index contributed by atoms with van der Waals surface area (Å²) in [6.07, 6.45) is 0.877. The van der Waals surface area contributed by atoms with E-state index in [-0.39, 0.29) is 0 Å². The van der Waals surface area contributed by atoms with Gasteiger partial charge in [0.2, 0.25) is 0 Å². The average Bonchev–Trinajstić information content (AvgIpc) is 2.09. The van der Waals surface area contributed by atoms with Crippen molar-refractivity contribution in [3.8, 4) is 11.8 Å². The number of rotatable bonds is 1. The van der Waals surface area contributed by atoms with Gasteiger partial charge in [-0.25, -0.2) is 0 Å². The fraction of sp³-hybridized carbons (Fsp3) is 0.200. The molecule has 0 aliphatic carbocycles. The lowest BCUT2D eigenvalue weighted by Crippen LogP contribution is -1.76. The molecule has 0 aromatic heterocycles. The van der Waals surface area contributed by atoms with Crippen LogP contribution in [-0.2, 0) is 0 Å². The second-order valence-corrected chi connectivity index (χ2v) is 3.53. The molecule has 0 atom stereocenters. The minimum Gasteiger partial charge on any atom is -0.142 e. The highest BCUT2D eigenvalue weighted by molar-refractivity contribution is 9.09. The smallest absolute Gasteiger partial charge is 0.0378 e. The fourth-order valence-corrected chi connectivity index (χ4v) is 1.20. The molecule has 0 heterocycles. The number of benzene rings is 1. The Labute approximate surface area is 86.9 Å². The van der Waals surface area contributed by atoms with Crippen molar-refractivity contribution < 1.29 is 0 Å². The molecule has 0 aliphatic rings. The van der Waals surface area contributed by atoms with Gasteiger partial charge in [-0.05, 0) is 12.1 Å². The van der Waals surface area contributed by atoms with Crippen LogP contribution in [0.1, 0.15) is 12.0 Å². The van der Waals surface area contributed by atoms with E-state index in [4.69, 9.17) is 0 Å². The molecule has 2 heteroatoms. The minimum atomic E-state index is 0.877. The number of thiol groups is 1. The predicted octanol–water partition coefficient (Wildman–Crippen LogP) is 3.11. The molecule has 1 rings (SSSR count). The van der Waals surface area contributed by atoms with Crippen LogP contribution in [0.4, 0.5) is 0 Å². The Bertz CT molecular complexity index is 309. The zero-order valence-corrected chi connectivity index (χ0v) is 9.03. The maximum Gasteiger partial charge on any atom is 0.0378 e. The quantitative estimate of drug-likeness (QED) is 0.436. The van der Waals surface area contributed by atoms with Gasteiger partial charge in [0.25, 0.3) is 0 Å². The Kier molecular flexibility index (Phi) is 4.27. The van der Waals surface area contributed by atoms with E-state index in [1.807, 2.05) is 24.3 Å². The third-order valence-corrected chi connectivity index (χ3v) is 2.13. The Morgan fingerprint density at radius 1 is 1.33 bits per heavy atom. The average molecular weight is 241 g/mol. The molecule has 0 amide bonds. The first-order chi connectivity index (χ1) is 5.84. The first-order valence-corrected chi connectivity index (χ1v) is 5.24. The molecular weight excluding hydrogens is 232 g/mol. The topological polar surface area (TPSA) is 0 Å². The van der Waals surface area contributed by atoms with E-state index in [0.717, 1.165) is 22.2 Å². The largest absolute Gasteiger partial charge is 0.142 e. The Hall–Kier alpha value is -0.390. The van der Waals surface area contributed by atoms with E-state index in [2.05, 4.69) is 40.4 Å². The summed E-state index contributed by atoms with van der Waals surface area (Å²) in [6, 6.07) is 7.85. The fourth-order valence-electron chi connectivity index (χ4n) is 0.784. The summed E-state index contributed by atoms with van der Waals surface area (Å²) in [6.45, 7) is 0. The molecule has 0 saturated carbocycles. The Morgan fingerprint density at radius 3 is 2.75 bits per heavy atom.